The van der Waals surface area contributed by atoms with Crippen molar-refractivity contribution in [3.63, 3.8) is 0 Å². The van der Waals surface area contributed by atoms with Crippen LogP contribution in [0.2, 0.25) is 5.02 Å². The summed E-state index contributed by atoms with van der Waals surface area (Å²) >= 11 is 6.23. The fraction of sp³-hybridized carbons (Fsp3) is 0.407. The quantitative estimate of drug-likeness (QED) is 0.295. The molecule has 0 radical (unpaired) electrons. The second-order valence-electron chi connectivity index (χ2n) is 9.87. The largest absolute Gasteiger partial charge is 0.490 e. The molecule has 4 rings (SSSR count). The SMILES string of the molecule is CNc1cc(NCCN2CC3(CC(Oc4ccc(Cl)c(C=O)c4/C=C\N(C)C)C3)C2)c(F)cc1C=N. The third-order valence-electron chi connectivity index (χ3n) is 6.89. The fourth-order valence-corrected chi connectivity index (χ4v) is 5.31. The molecule has 36 heavy (non-hydrogen) atoms. The van der Waals surface area contributed by atoms with E-state index < -0.39 is 0 Å². The van der Waals surface area contributed by atoms with E-state index >= 15 is 0 Å². The third-order valence-corrected chi connectivity index (χ3v) is 7.22. The number of anilines is 2. The van der Waals surface area contributed by atoms with Gasteiger partial charge in [-0.25, -0.2) is 4.39 Å². The Kier molecular flexibility index (Phi) is 7.85. The molecule has 1 aliphatic carbocycles. The summed E-state index contributed by atoms with van der Waals surface area (Å²) < 4.78 is 20.6. The Morgan fingerprint density at radius 2 is 2.00 bits per heavy atom. The molecule has 1 aliphatic heterocycles. The van der Waals surface area contributed by atoms with Crippen molar-refractivity contribution in [3.8, 4) is 5.75 Å². The van der Waals surface area contributed by atoms with Gasteiger partial charge in [0.2, 0.25) is 0 Å². The number of nitrogens with zero attached hydrogens (tertiary/aromatic N) is 2. The summed E-state index contributed by atoms with van der Waals surface area (Å²) in [5, 5.41) is 14.0. The number of carbonyl (C=O) groups excluding carboxylic acids is 1. The molecule has 9 heteroatoms. The highest BCUT2D eigenvalue weighted by Gasteiger charge is 2.53. The predicted octanol–water partition coefficient (Wildman–Crippen LogP) is 4.82. The van der Waals surface area contributed by atoms with Gasteiger partial charge in [-0.05, 0) is 49.4 Å². The first-order chi connectivity index (χ1) is 17.3. The summed E-state index contributed by atoms with van der Waals surface area (Å²) in [4.78, 5) is 15.9. The maximum Gasteiger partial charge on any atom is 0.152 e. The summed E-state index contributed by atoms with van der Waals surface area (Å²) in [6, 6.07) is 6.62. The maximum absolute atomic E-state index is 14.3. The lowest BCUT2D eigenvalue weighted by molar-refractivity contribution is -0.117. The van der Waals surface area contributed by atoms with Crippen LogP contribution in [0.1, 0.15) is 34.3 Å². The van der Waals surface area contributed by atoms with E-state index in [4.69, 9.17) is 21.7 Å². The Morgan fingerprint density at radius 3 is 2.64 bits per heavy atom. The van der Waals surface area contributed by atoms with Gasteiger partial charge in [-0.2, -0.15) is 0 Å². The monoisotopic (exact) mass is 513 g/mol. The van der Waals surface area contributed by atoms with Gasteiger partial charge >= 0.3 is 0 Å². The van der Waals surface area contributed by atoms with Crippen LogP contribution in [0.5, 0.6) is 5.75 Å². The molecule has 1 saturated carbocycles. The number of ether oxygens (including phenoxy) is 1. The van der Waals surface area contributed by atoms with Crippen LogP contribution < -0.4 is 15.4 Å². The van der Waals surface area contributed by atoms with Crippen molar-refractivity contribution in [1.29, 1.82) is 5.41 Å². The summed E-state index contributed by atoms with van der Waals surface area (Å²) in [6.45, 7) is 3.46. The molecule has 0 amide bonds. The number of likely N-dealkylation sites (tertiary alicyclic amines) is 1. The van der Waals surface area contributed by atoms with Gasteiger partial charge in [0.25, 0.3) is 0 Å². The standard InChI is InChI=1S/C27H33ClFN5O2/c1-31-24-11-25(23(29)10-18(24)14-30)32-7-9-34-16-27(17-34)12-19(13-27)36-26-5-4-22(28)21(15-35)20(26)6-8-33(2)3/h4-6,8,10-11,14-15,19,30-32H,7,9,12-13,16-17H2,1-3H3/b8-6-,30-14?. The topological polar surface area (TPSA) is 80.7 Å². The summed E-state index contributed by atoms with van der Waals surface area (Å²) in [7, 11) is 5.59. The average Bonchev–Trinajstić information content (AvgIpc) is 2.81. The summed E-state index contributed by atoms with van der Waals surface area (Å²) in [5.74, 6) is 0.322. The van der Waals surface area contributed by atoms with Crippen LogP contribution in [-0.4, -0.2) is 75.7 Å². The van der Waals surface area contributed by atoms with Crippen LogP contribution in [0.25, 0.3) is 6.08 Å². The molecule has 0 bridgehead atoms. The molecule has 1 spiro atoms. The Labute approximate surface area is 216 Å². The lowest BCUT2D eigenvalue weighted by atomic mass is 9.61. The number of rotatable bonds is 11. The third kappa shape index (κ3) is 5.50. The number of hydrogen-bond donors (Lipinski definition) is 3. The van der Waals surface area contributed by atoms with Gasteiger partial charge in [0.1, 0.15) is 11.6 Å². The van der Waals surface area contributed by atoms with Crippen LogP contribution in [0.15, 0.2) is 30.5 Å². The molecule has 1 heterocycles. The van der Waals surface area contributed by atoms with E-state index in [1.54, 1.807) is 19.2 Å². The molecule has 192 valence electrons. The molecule has 3 N–H and O–H groups in total. The zero-order valence-electron chi connectivity index (χ0n) is 20.9. The predicted molar refractivity (Wildman–Crippen MR) is 144 cm³/mol. The summed E-state index contributed by atoms with van der Waals surface area (Å²) in [6.07, 6.45) is 7.70. The van der Waals surface area contributed by atoms with Crippen LogP contribution >= 0.6 is 11.6 Å². The average molecular weight is 514 g/mol. The van der Waals surface area contributed by atoms with E-state index in [9.17, 15) is 9.18 Å². The highest BCUT2D eigenvalue weighted by Crippen LogP contribution is 2.50. The number of halogens is 2. The maximum atomic E-state index is 14.3. The number of nitrogens with one attached hydrogen (secondary N) is 3. The molecule has 2 aromatic carbocycles. The van der Waals surface area contributed by atoms with Crippen LogP contribution in [0, 0.1) is 16.6 Å². The minimum absolute atomic E-state index is 0.110. The molecular weight excluding hydrogens is 481 g/mol. The highest BCUT2D eigenvalue weighted by molar-refractivity contribution is 6.33. The lowest BCUT2D eigenvalue weighted by Crippen LogP contribution is -2.65. The van der Waals surface area contributed by atoms with Crippen LogP contribution in [0.4, 0.5) is 15.8 Å². The van der Waals surface area contributed by atoms with Gasteiger partial charge in [0.05, 0.1) is 16.8 Å². The van der Waals surface area contributed by atoms with Crippen molar-refractivity contribution >= 4 is 41.6 Å². The van der Waals surface area contributed by atoms with Gasteiger partial charge in [0.15, 0.2) is 6.29 Å². The van der Waals surface area contributed by atoms with Gasteiger partial charge < -0.3 is 30.6 Å². The number of aldehydes is 1. The van der Waals surface area contributed by atoms with Crippen molar-refractivity contribution in [2.45, 2.75) is 18.9 Å². The number of hydrogen-bond acceptors (Lipinski definition) is 7. The van der Waals surface area contributed by atoms with Gasteiger partial charge in [-0.3, -0.25) is 4.79 Å². The van der Waals surface area contributed by atoms with Crippen molar-refractivity contribution in [2.24, 2.45) is 5.41 Å². The molecule has 2 aliphatic rings. The van der Waals surface area contributed by atoms with Crippen molar-refractivity contribution < 1.29 is 13.9 Å². The minimum Gasteiger partial charge on any atom is -0.490 e. The van der Waals surface area contributed by atoms with E-state index in [2.05, 4.69) is 15.5 Å². The summed E-state index contributed by atoms with van der Waals surface area (Å²) in [5.41, 5.74) is 3.10. The second kappa shape index (κ2) is 10.9. The van der Waals surface area contributed by atoms with E-state index in [0.717, 1.165) is 50.7 Å². The molecule has 2 aromatic rings. The Hall–Kier alpha value is -3.10. The Bertz CT molecular complexity index is 1160. The van der Waals surface area contributed by atoms with Crippen LogP contribution in [-0.2, 0) is 0 Å². The van der Waals surface area contributed by atoms with Crippen molar-refractivity contribution in [2.75, 3.05) is 58.0 Å². The minimum atomic E-state index is -0.355. The molecule has 7 nitrogen and oxygen atoms in total. The molecule has 0 aromatic heterocycles. The Balaban J connectivity index is 1.27. The highest BCUT2D eigenvalue weighted by atomic mass is 35.5. The lowest BCUT2D eigenvalue weighted by Gasteiger charge is -2.58. The number of carbonyl (C=O) groups is 1. The first kappa shape index (κ1) is 26.0. The smallest absolute Gasteiger partial charge is 0.152 e. The molecule has 0 atom stereocenters. The fourth-order valence-electron chi connectivity index (χ4n) is 5.10. The first-order valence-electron chi connectivity index (χ1n) is 12.0. The first-order valence-corrected chi connectivity index (χ1v) is 12.4. The molecule has 2 fully saturated rings. The van der Waals surface area contributed by atoms with Crippen LogP contribution in [0.3, 0.4) is 0 Å². The normalized spacial score (nSPS) is 16.9. The van der Waals surface area contributed by atoms with Crippen molar-refractivity contribution in [3.05, 3.63) is 58.0 Å². The van der Waals surface area contributed by atoms with E-state index in [1.807, 2.05) is 37.3 Å². The van der Waals surface area contributed by atoms with E-state index in [1.165, 1.54) is 6.07 Å². The van der Waals surface area contributed by atoms with Crippen molar-refractivity contribution in [1.82, 2.24) is 9.80 Å². The zero-order valence-corrected chi connectivity index (χ0v) is 21.7. The Morgan fingerprint density at radius 1 is 1.25 bits per heavy atom. The molecule has 0 unspecified atom stereocenters. The zero-order chi connectivity index (χ0) is 25.9. The molecular formula is C27H33ClFN5O2. The van der Waals surface area contributed by atoms with Gasteiger partial charge in [-0.15, -0.1) is 0 Å². The number of benzene rings is 2. The van der Waals surface area contributed by atoms with Gasteiger partial charge in [0, 0.05) is 81.3 Å². The van der Waals surface area contributed by atoms with E-state index in [-0.39, 0.29) is 17.3 Å². The van der Waals surface area contributed by atoms with Gasteiger partial charge in [-0.1, -0.05) is 11.6 Å². The molecule has 1 saturated heterocycles. The second-order valence-corrected chi connectivity index (χ2v) is 10.3. The van der Waals surface area contributed by atoms with E-state index in [0.29, 0.717) is 39.7 Å².